The van der Waals surface area contributed by atoms with E-state index in [0.29, 0.717) is 19.4 Å². The molecule has 1 aromatic carbocycles. The molecule has 3 nitrogen and oxygen atoms in total. The molecular weight excluding hydrogens is 329 g/mol. The fourth-order valence-corrected chi connectivity index (χ4v) is 4.17. The van der Waals surface area contributed by atoms with Gasteiger partial charge in [-0.25, -0.2) is 4.79 Å². The van der Waals surface area contributed by atoms with Gasteiger partial charge in [0.15, 0.2) is 0 Å². The van der Waals surface area contributed by atoms with Crippen molar-refractivity contribution in [1.82, 2.24) is 10.2 Å². The Kier molecular flexibility index (Phi) is 5.25. The van der Waals surface area contributed by atoms with Gasteiger partial charge in [-0.2, -0.15) is 13.2 Å². The molecule has 1 aromatic rings. The van der Waals surface area contributed by atoms with Crippen molar-refractivity contribution < 1.29 is 18.0 Å². The molecule has 0 aromatic heterocycles. The van der Waals surface area contributed by atoms with E-state index in [2.05, 4.69) is 5.32 Å². The molecule has 2 aliphatic rings. The number of aryl methyl sites for hydroxylation is 1. The first kappa shape index (κ1) is 18.1. The Bertz CT molecular complexity index is 617. The van der Waals surface area contributed by atoms with E-state index in [1.165, 1.54) is 0 Å². The van der Waals surface area contributed by atoms with E-state index in [-0.39, 0.29) is 31.0 Å². The number of urea groups is 1. The lowest BCUT2D eigenvalue weighted by molar-refractivity contribution is -0.183. The van der Waals surface area contributed by atoms with Gasteiger partial charge in [0.1, 0.15) is 0 Å². The lowest BCUT2D eigenvalue weighted by Crippen LogP contribution is -2.47. The van der Waals surface area contributed by atoms with E-state index in [4.69, 9.17) is 0 Å². The minimum atomic E-state index is -4.17. The molecule has 0 bridgehead atoms. The number of nitrogens with one attached hydrogen (secondary N) is 1. The number of hydrogen-bond donors (Lipinski definition) is 1. The van der Waals surface area contributed by atoms with Crippen LogP contribution in [0.15, 0.2) is 24.3 Å². The number of carbonyl (C=O) groups is 1. The molecule has 25 heavy (non-hydrogen) atoms. The van der Waals surface area contributed by atoms with E-state index in [0.717, 1.165) is 24.0 Å². The molecule has 3 rings (SSSR count). The predicted octanol–water partition coefficient (Wildman–Crippen LogP) is 4.96. The maximum atomic E-state index is 13.0. The van der Waals surface area contributed by atoms with Crippen molar-refractivity contribution in [2.24, 2.45) is 5.92 Å². The normalized spacial score (nSPS) is 27.4. The second kappa shape index (κ2) is 7.26. The van der Waals surface area contributed by atoms with Crippen LogP contribution in [0.3, 0.4) is 0 Å². The number of halogens is 3. The van der Waals surface area contributed by atoms with Crippen LogP contribution in [0.1, 0.15) is 55.7 Å². The minimum absolute atomic E-state index is 0.00187. The van der Waals surface area contributed by atoms with Crippen LogP contribution in [0.4, 0.5) is 18.0 Å². The third-order valence-electron chi connectivity index (χ3n) is 5.53. The predicted molar refractivity (Wildman–Crippen MR) is 90.2 cm³/mol. The Morgan fingerprint density at radius 2 is 1.92 bits per heavy atom. The summed E-state index contributed by atoms with van der Waals surface area (Å²) in [6, 6.07) is 7.40. The van der Waals surface area contributed by atoms with Gasteiger partial charge in [-0.15, -0.1) is 0 Å². The van der Waals surface area contributed by atoms with Crippen molar-refractivity contribution in [3.8, 4) is 0 Å². The Hall–Kier alpha value is -1.72. The first-order valence-corrected chi connectivity index (χ1v) is 9.05. The van der Waals surface area contributed by atoms with Crippen LogP contribution < -0.4 is 5.32 Å². The summed E-state index contributed by atoms with van der Waals surface area (Å²) in [4.78, 5) is 14.5. The standard InChI is InChI=1S/C19H25F3N2O/c1-13-6-2-3-9-16(13)17-10-5-11-24(17)18(25)23-15-8-4-7-14(12-15)19(20,21)22/h2-3,6,9,14-15,17H,4-5,7-8,10-12H2,1H3,(H,23,25). The average molecular weight is 354 g/mol. The monoisotopic (exact) mass is 354 g/mol. The highest BCUT2D eigenvalue weighted by molar-refractivity contribution is 5.75. The third kappa shape index (κ3) is 4.10. The van der Waals surface area contributed by atoms with Gasteiger partial charge in [-0.05, 0) is 50.2 Å². The maximum absolute atomic E-state index is 13.0. The fraction of sp³-hybridized carbons (Fsp3) is 0.632. The summed E-state index contributed by atoms with van der Waals surface area (Å²) in [5.41, 5.74) is 2.27. The van der Waals surface area contributed by atoms with Crippen LogP contribution in [0.25, 0.3) is 0 Å². The summed E-state index contributed by atoms with van der Waals surface area (Å²) < 4.78 is 38.9. The molecule has 6 heteroatoms. The smallest absolute Gasteiger partial charge is 0.335 e. The average Bonchev–Trinajstić information content (AvgIpc) is 3.04. The maximum Gasteiger partial charge on any atom is 0.391 e. The Morgan fingerprint density at radius 3 is 2.64 bits per heavy atom. The lowest BCUT2D eigenvalue weighted by atomic mass is 9.85. The van der Waals surface area contributed by atoms with Crippen LogP contribution >= 0.6 is 0 Å². The molecule has 2 amide bonds. The van der Waals surface area contributed by atoms with E-state index in [1.54, 1.807) is 4.90 Å². The molecule has 1 aliphatic carbocycles. The summed E-state index contributed by atoms with van der Waals surface area (Å²) in [5.74, 6) is -1.29. The van der Waals surface area contributed by atoms with Crippen LogP contribution in [0, 0.1) is 12.8 Å². The zero-order valence-electron chi connectivity index (χ0n) is 14.5. The van der Waals surface area contributed by atoms with Gasteiger partial charge in [0, 0.05) is 12.6 Å². The Morgan fingerprint density at radius 1 is 1.16 bits per heavy atom. The topological polar surface area (TPSA) is 32.3 Å². The molecule has 1 aliphatic heterocycles. The highest BCUT2D eigenvalue weighted by Crippen LogP contribution is 2.38. The summed E-state index contributed by atoms with van der Waals surface area (Å²) >= 11 is 0. The second-order valence-electron chi connectivity index (χ2n) is 7.26. The molecule has 1 saturated carbocycles. The van der Waals surface area contributed by atoms with Crippen molar-refractivity contribution in [1.29, 1.82) is 0 Å². The Labute approximate surface area is 146 Å². The molecule has 3 atom stereocenters. The summed E-state index contributed by atoms with van der Waals surface area (Å²) in [6.45, 7) is 2.68. The number of hydrogen-bond acceptors (Lipinski definition) is 1. The number of rotatable bonds is 2. The van der Waals surface area contributed by atoms with Gasteiger partial charge in [0.25, 0.3) is 0 Å². The van der Waals surface area contributed by atoms with Crippen LogP contribution in [-0.4, -0.2) is 29.7 Å². The zero-order chi connectivity index (χ0) is 18.0. The second-order valence-corrected chi connectivity index (χ2v) is 7.26. The van der Waals surface area contributed by atoms with Gasteiger partial charge in [-0.3, -0.25) is 0 Å². The summed E-state index contributed by atoms with van der Waals surface area (Å²) in [6.07, 6.45) is -1.04. The fourth-order valence-electron chi connectivity index (χ4n) is 4.17. The van der Waals surface area contributed by atoms with E-state index in [9.17, 15) is 18.0 Å². The zero-order valence-corrected chi connectivity index (χ0v) is 14.5. The number of carbonyl (C=O) groups excluding carboxylic acids is 1. The van der Waals surface area contributed by atoms with Gasteiger partial charge < -0.3 is 10.2 Å². The van der Waals surface area contributed by atoms with Gasteiger partial charge in [0.2, 0.25) is 0 Å². The van der Waals surface area contributed by atoms with Gasteiger partial charge >= 0.3 is 12.2 Å². The quantitative estimate of drug-likeness (QED) is 0.800. The lowest BCUT2D eigenvalue weighted by Gasteiger charge is -2.33. The van der Waals surface area contributed by atoms with Crippen molar-refractivity contribution in [2.45, 2.75) is 63.7 Å². The molecule has 2 fully saturated rings. The molecule has 1 saturated heterocycles. The van der Waals surface area contributed by atoms with Crippen LogP contribution in [0.5, 0.6) is 0 Å². The molecule has 0 radical (unpaired) electrons. The molecule has 3 unspecified atom stereocenters. The largest absolute Gasteiger partial charge is 0.391 e. The van der Waals surface area contributed by atoms with E-state index >= 15 is 0 Å². The highest BCUT2D eigenvalue weighted by Gasteiger charge is 2.43. The number of likely N-dealkylation sites (tertiary alicyclic amines) is 1. The van der Waals surface area contributed by atoms with Crippen LogP contribution in [0.2, 0.25) is 0 Å². The molecule has 138 valence electrons. The Balaban J connectivity index is 1.65. The summed E-state index contributed by atoms with van der Waals surface area (Å²) in [5, 5.41) is 2.87. The van der Waals surface area contributed by atoms with Crippen molar-refractivity contribution >= 4 is 6.03 Å². The molecule has 0 spiro atoms. The number of amides is 2. The van der Waals surface area contributed by atoms with Crippen molar-refractivity contribution in [3.05, 3.63) is 35.4 Å². The van der Waals surface area contributed by atoms with E-state index < -0.39 is 12.1 Å². The van der Waals surface area contributed by atoms with Gasteiger partial charge in [0.05, 0.1) is 12.0 Å². The first-order chi connectivity index (χ1) is 11.9. The molecule has 1 N–H and O–H groups in total. The van der Waals surface area contributed by atoms with Gasteiger partial charge in [-0.1, -0.05) is 30.7 Å². The third-order valence-corrected chi connectivity index (χ3v) is 5.53. The first-order valence-electron chi connectivity index (χ1n) is 9.05. The highest BCUT2D eigenvalue weighted by atomic mass is 19.4. The summed E-state index contributed by atoms with van der Waals surface area (Å²) in [7, 11) is 0. The minimum Gasteiger partial charge on any atom is -0.335 e. The van der Waals surface area contributed by atoms with Crippen molar-refractivity contribution in [3.63, 3.8) is 0 Å². The molecule has 1 heterocycles. The van der Waals surface area contributed by atoms with Crippen molar-refractivity contribution in [2.75, 3.05) is 6.54 Å². The SMILES string of the molecule is Cc1ccccc1C1CCCN1C(=O)NC1CCCC(C(F)(F)F)C1. The van der Waals surface area contributed by atoms with Crippen LogP contribution in [-0.2, 0) is 0 Å². The number of nitrogens with zero attached hydrogens (tertiary/aromatic N) is 1. The number of alkyl halides is 3. The molecular formula is C19H25F3N2O. The number of benzene rings is 1. The van der Waals surface area contributed by atoms with E-state index in [1.807, 2.05) is 31.2 Å².